The zero-order valence-electron chi connectivity index (χ0n) is 15.1. The van der Waals surface area contributed by atoms with Gasteiger partial charge < -0.3 is 20.3 Å². The number of hydrogen-bond acceptors (Lipinski definition) is 3. The van der Waals surface area contributed by atoms with Gasteiger partial charge in [0.1, 0.15) is 12.3 Å². The van der Waals surface area contributed by atoms with E-state index < -0.39 is 0 Å². The van der Waals surface area contributed by atoms with Gasteiger partial charge >= 0.3 is 0 Å². The Morgan fingerprint density at radius 2 is 2.12 bits per heavy atom. The van der Waals surface area contributed by atoms with Crippen LogP contribution in [-0.4, -0.2) is 57.6 Å². The molecule has 0 aliphatic heterocycles. The standard InChI is InChI=1S/C18H28N4O2/c1-6-10-19-18(21-13-17(23)22(3)4)20-11-9-15-8-7-14(2)16(12-15)24-5/h6-8,12H,1,9-11,13H2,2-5H3,(H2,19,20,21). The molecule has 2 N–H and O–H groups in total. The molecule has 0 atom stereocenters. The smallest absolute Gasteiger partial charge is 0.243 e. The average molecular weight is 332 g/mol. The van der Waals surface area contributed by atoms with Crippen LogP contribution in [0, 0.1) is 6.92 Å². The van der Waals surface area contributed by atoms with Crippen molar-refractivity contribution in [3.05, 3.63) is 42.0 Å². The highest BCUT2D eigenvalue weighted by atomic mass is 16.5. The van der Waals surface area contributed by atoms with E-state index in [0.29, 0.717) is 19.0 Å². The highest BCUT2D eigenvalue weighted by Crippen LogP contribution is 2.18. The summed E-state index contributed by atoms with van der Waals surface area (Å²) in [5, 5.41) is 6.34. The van der Waals surface area contributed by atoms with E-state index in [4.69, 9.17) is 4.74 Å². The minimum atomic E-state index is -0.0435. The van der Waals surface area contributed by atoms with E-state index in [2.05, 4.69) is 34.3 Å². The Morgan fingerprint density at radius 1 is 1.38 bits per heavy atom. The Morgan fingerprint density at radius 3 is 2.75 bits per heavy atom. The first kappa shape index (κ1) is 19.5. The predicted octanol–water partition coefficient (Wildman–Crippen LogP) is 1.36. The topological polar surface area (TPSA) is 66.0 Å². The number of benzene rings is 1. The summed E-state index contributed by atoms with van der Waals surface area (Å²) in [5.74, 6) is 1.45. The van der Waals surface area contributed by atoms with Gasteiger partial charge in [0.2, 0.25) is 5.91 Å². The molecule has 0 radical (unpaired) electrons. The molecule has 6 nitrogen and oxygen atoms in total. The third kappa shape index (κ3) is 6.73. The van der Waals surface area contributed by atoms with Crippen LogP contribution in [-0.2, 0) is 11.2 Å². The number of likely N-dealkylation sites (N-methyl/N-ethyl adjacent to an activating group) is 1. The van der Waals surface area contributed by atoms with Crippen LogP contribution in [0.4, 0.5) is 0 Å². The lowest BCUT2D eigenvalue weighted by molar-refractivity contribution is -0.127. The summed E-state index contributed by atoms with van der Waals surface area (Å²) in [6, 6.07) is 6.18. The number of aliphatic imine (C=N–C) groups is 1. The molecular formula is C18H28N4O2. The first-order chi connectivity index (χ1) is 11.5. The maximum Gasteiger partial charge on any atom is 0.243 e. The number of carbonyl (C=O) groups is 1. The summed E-state index contributed by atoms with van der Waals surface area (Å²) < 4.78 is 5.34. The molecule has 0 bridgehead atoms. The maximum absolute atomic E-state index is 11.6. The van der Waals surface area contributed by atoms with Gasteiger partial charge in [0.25, 0.3) is 0 Å². The summed E-state index contributed by atoms with van der Waals surface area (Å²) in [5.41, 5.74) is 2.30. The van der Waals surface area contributed by atoms with Crippen molar-refractivity contribution >= 4 is 11.9 Å². The Balaban J connectivity index is 2.59. The second-order valence-electron chi connectivity index (χ2n) is 5.60. The molecule has 0 fully saturated rings. The summed E-state index contributed by atoms with van der Waals surface area (Å²) in [7, 11) is 5.11. The zero-order chi connectivity index (χ0) is 17.9. The van der Waals surface area contributed by atoms with E-state index in [9.17, 15) is 4.79 Å². The molecule has 0 spiro atoms. The van der Waals surface area contributed by atoms with Crippen LogP contribution in [0.1, 0.15) is 11.1 Å². The molecular weight excluding hydrogens is 304 g/mol. The quantitative estimate of drug-likeness (QED) is 0.428. The number of rotatable bonds is 8. The predicted molar refractivity (Wildman–Crippen MR) is 98.6 cm³/mol. The van der Waals surface area contributed by atoms with E-state index in [0.717, 1.165) is 17.7 Å². The first-order valence-electron chi connectivity index (χ1n) is 7.94. The minimum Gasteiger partial charge on any atom is -0.496 e. The largest absolute Gasteiger partial charge is 0.496 e. The molecule has 0 aliphatic carbocycles. The number of methoxy groups -OCH3 is 1. The van der Waals surface area contributed by atoms with Crippen LogP contribution in [0.15, 0.2) is 35.8 Å². The first-order valence-corrected chi connectivity index (χ1v) is 7.94. The van der Waals surface area contributed by atoms with Crippen molar-refractivity contribution in [2.45, 2.75) is 13.3 Å². The Labute approximate surface area is 144 Å². The monoisotopic (exact) mass is 332 g/mol. The van der Waals surface area contributed by atoms with Crippen LogP contribution in [0.2, 0.25) is 0 Å². The summed E-state index contributed by atoms with van der Waals surface area (Å²) in [6.07, 6.45) is 2.57. The number of hydrogen-bond donors (Lipinski definition) is 2. The molecule has 0 unspecified atom stereocenters. The Hall–Kier alpha value is -2.50. The number of aryl methyl sites for hydroxylation is 1. The van der Waals surface area contributed by atoms with Crippen molar-refractivity contribution in [2.75, 3.05) is 40.8 Å². The maximum atomic E-state index is 11.6. The van der Waals surface area contributed by atoms with Gasteiger partial charge in [-0.1, -0.05) is 18.2 Å². The summed E-state index contributed by atoms with van der Waals surface area (Å²) in [4.78, 5) is 17.5. The number of amides is 1. The van der Waals surface area contributed by atoms with Gasteiger partial charge in [-0.05, 0) is 30.5 Å². The average Bonchev–Trinajstić information content (AvgIpc) is 2.57. The molecule has 132 valence electrons. The Kier molecular flexibility index (Phi) is 8.39. The summed E-state index contributed by atoms with van der Waals surface area (Å²) >= 11 is 0. The van der Waals surface area contributed by atoms with E-state index in [-0.39, 0.29) is 12.5 Å². The molecule has 0 aliphatic rings. The van der Waals surface area contributed by atoms with Gasteiger partial charge in [-0.3, -0.25) is 4.79 Å². The number of guanidine groups is 1. The number of nitrogens with one attached hydrogen (secondary N) is 2. The number of nitrogens with zero attached hydrogens (tertiary/aromatic N) is 2. The fraction of sp³-hybridized carbons (Fsp3) is 0.444. The van der Waals surface area contributed by atoms with Crippen molar-refractivity contribution in [3.63, 3.8) is 0 Å². The van der Waals surface area contributed by atoms with E-state index >= 15 is 0 Å². The van der Waals surface area contributed by atoms with Crippen molar-refractivity contribution in [1.29, 1.82) is 0 Å². The molecule has 0 saturated heterocycles. The highest BCUT2D eigenvalue weighted by molar-refractivity contribution is 5.84. The lowest BCUT2D eigenvalue weighted by atomic mass is 10.1. The minimum absolute atomic E-state index is 0.0435. The third-order valence-corrected chi connectivity index (χ3v) is 3.46. The molecule has 0 aromatic heterocycles. The van der Waals surface area contributed by atoms with Gasteiger partial charge in [-0.25, -0.2) is 4.99 Å². The van der Waals surface area contributed by atoms with Crippen molar-refractivity contribution < 1.29 is 9.53 Å². The fourth-order valence-corrected chi connectivity index (χ4v) is 1.98. The van der Waals surface area contributed by atoms with Gasteiger partial charge in [0.05, 0.1) is 7.11 Å². The molecule has 0 saturated carbocycles. The highest BCUT2D eigenvalue weighted by Gasteiger charge is 2.05. The van der Waals surface area contributed by atoms with Crippen molar-refractivity contribution in [1.82, 2.24) is 15.5 Å². The second-order valence-corrected chi connectivity index (χ2v) is 5.60. The van der Waals surface area contributed by atoms with Crippen LogP contribution >= 0.6 is 0 Å². The number of ether oxygens (including phenoxy) is 1. The number of carbonyl (C=O) groups excluding carboxylic acids is 1. The normalized spacial score (nSPS) is 10.9. The Bertz CT molecular complexity index is 582. The van der Waals surface area contributed by atoms with Crippen LogP contribution in [0.5, 0.6) is 5.75 Å². The second kappa shape index (κ2) is 10.3. The van der Waals surface area contributed by atoms with Crippen LogP contribution in [0.3, 0.4) is 0 Å². The van der Waals surface area contributed by atoms with Crippen LogP contribution < -0.4 is 15.4 Å². The molecule has 0 heterocycles. The SMILES string of the molecule is C=CCNC(=NCC(=O)N(C)C)NCCc1ccc(C)c(OC)c1. The zero-order valence-corrected chi connectivity index (χ0v) is 15.1. The van der Waals surface area contributed by atoms with Gasteiger partial charge in [-0.15, -0.1) is 6.58 Å². The van der Waals surface area contributed by atoms with Gasteiger partial charge in [-0.2, -0.15) is 0 Å². The van der Waals surface area contributed by atoms with E-state index in [1.165, 1.54) is 10.5 Å². The summed E-state index contributed by atoms with van der Waals surface area (Å²) in [6.45, 7) is 7.09. The van der Waals surface area contributed by atoms with Crippen molar-refractivity contribution in [3.8, 4) is 5.75 Å². The molecule has 1 rings (SSSR count). The molecule has 1 amide bonds. The van der Waals surface area contributed by atoms with E-state index in [1.54, 1.807) is 27.3 Å². The fourth-order valence-electron chi connectivity index (χ4n) is 1.98. The van der Waals surface area contributed by atoms with Gasteiger partial charge in [0.15, 0.2) is 5.96 Å². The van der Waals surface area contributed by atoms with Gasteiger partial charge in [0, 0.05) is 27.2 Å². The lowest BCUT2D eigenvalue weighted by Crippen LogP contribution is -2.39. The molecule has 6 heteroatoms. The van der Waals surface area contributed by atoms with Crippen LogP contribution in [0.25, 0.3) is 0 Å². The molecule has 1 aromatic carbocycles. The molecule has 24 heavy (non-hydrogen) atoms. The molecule has 1 aromatic rings. The third-order valence-electron chi connectivity index (χ3n) is 3.46. The lowest BCUT2D eigenvalue weighted by Gasteiger charge is -2.13. The van der Waals surface area contributed by atoms with E-state index in [1.807, 2.05) is 13.0 Å². The van der Waals surface area contributed by atoms with Crippen molar-refractivity contribution in [2.24, 2.45) is 4.99 Å².